The topological polar surface area (TPSA) is 41.9 Å². The minimum absolute atomic E-state index is 0.0644. The van der Waals surface area contributed by atoms with Crippen LogP contribution in [0.2, 0.25) is 0 Å². The first kappa shape index (κ1) is 14.0. The summed E-state index contributed by atoms with van der Waals surface area (Å²) in [6.45, 7) is 7.42. The molecule has 1 N–H and O–H groups in total. The quantitative estimate of drug-likeness (QED) is 0.857. The number of hydrogen-bond acceptors (Lipinski definition) is 4. The molecule has 2 saturated heterocycles. The van der Waals surface area contributed by atoms with Crippen LogP contribution in [0.4, 0.5) is 0 Å². The third-order valence-electron chi connectivity index (χ3n) is 4.97. The number of rotatable bonds is 3. The standard InChI is InChI=1S/C14H22BrNO3/c1-11(15)8-16-5-4-13(10-17)9-14(3-2-12(13)16)18-6-7-19-14/h12,17H,1-10H2/t12-,13+/m1/s1. The fourth-order valence-electron chi connectivity index (χ4n) is 4.15. The molecular weight excluding hydrogens is 310 g/mol. The number of likely N-dealkylation sites (tertiary alicyclic amines) is 1. The van der Waals surface area contributed by atoms with Gasteiger partial charge in [-0.3, -0.25) is 4.90 Å². The van der Waals surface area contributed by atoms with Crippen molar-refractivity contribution in [2.24, 2.45) is 5.41 Å². The smallest absolute Gasteiger partial charge is 0.169 e. The molecule has 0 aromatic carbocycles. The van der Waals surface area contributed by atoms with Gasteiger partial charge in [0, 0.05) is 35.3 Å². The van der Waals surface area contributed by atoms with Crippen molar-refractivity contribution in [1.29, 1.82) is 0 Å². The fourth-order valence-corrected chi connectivity index (χ4v) is 4.47. The van der Waals surface area contributed by atoms with Gasteiger partial charge in [-0.05, 0) is 19.4 Å². The van der Waals surface area contributed by atoms with Crippen molar-refractivity contribution in [3.8, 4) is 0 Å². The zero-order valence-electron chi connectivity index (χ0n) is 11.2. The molecule has 4 nitrogen and oxygen atoms in total. The summed E-state index contributed by atoms with van der Waals surface area (Å²) in [4.78, 5) is 2.44. The second-order valence-corrected chi connectivity index (χ2v) is 7.22. The second kappa shape index (κ2) is 5.11. The Morgan fingerprint density at radius 2 is 2.11 bits per heavy atom. The van der Waals surface area contributed by atoms with Gasteiger partial charge >= 0.3 is 0 Å². The highest BCUT2D eigenvalue weighted by molar-refractivity contribution is 9.11. The van der Waals surface area contributed by atoms with Crippen LogP contribution in [0.5, 0.6) is 0 Å². The summed E-state index contributed by atoms with van der Waals surface area (Å²) in [5.74, 6) is -0.416. The van der Waals surface area contributed by atoms with Gasteiger partial charge in [0.2, 0.25) is 0 Å². The third-order valence-corrected chi connectivity index (χ3v) is 5.22. The van der Waals surface area contributed by atoms with Crippen LogP contribution in [0.15, 0.2) is 11.1 Å². The number of hydrogen-bond donors (Lipinski definition) is 1. The molecule has 108 valence electrons. The summed E-state index contributed by atoms with van der Waals surface area (Å²) in [5, 5.41) is 9.98. The summed E-state index contributed by atoms with van der Waals surface area (Å²) in [6.07, 6.45) is 3.81. The van der Waals surface area contributed by atoms with Gasteiger partial charge in [-0.1, -0.05) is 22.5 Å². The molecule has 3 fully saturated rings. The molecule has 2 atom stereocenters. The average Bonchev–Trinajstić information content (AvgIpc) is 2.96. The molecule has 5 heteroatoms. The van der Waals surface area contributed by atoms with Crippen molar-refractivity contribution in [3.63, 3.8) is 0 Å². The maximum Gasteiger partial charge on any atom is 0.169 e. The Morgan fingerprint density at radius 3 is 2.74 bits per heavy atom. The van der Waals surface area contributed by atoms with E-state index in [1.54, 1.807) is 0 Å². The van der Waals surface area contributed by atoms with E-state index in [9.17, 15) is 5.11 Å². The monoisotopic (exact) mass is 331 g/mol. The number of aliphatic hydroxyl groups is 1. The zero-order valence-corrected chi connectivity index (χ0v) is 12.8. The third kappa shape index (κ3) is 2.40. The van der Waals surface area contributed by atoms with Gasteiger partial charge in [-0.2, -0.15) is 0 Å². The lowest BCUT2D eigenvalue weighted by atomic mass is 9.68. The Morgan fingerprint density at radius 1 is 1.37 bits per heavy atom. The maximum atomic E-state index is 9.98. The predicted molar refractivity (Wildman–Crippen MR) is 76.0 cm³/mol. The molecule has 1 spiro atoms. The highest BCUT2D eigenvalue weighted by Crippen LogP contribution is 2.52. The van der Waals surface area contributed by atoms with Gasteiger partial charge in [0.05, 0.1) is 19.8 Å². The minimum Gasteiger partial charge on any atom is -0.396 e. The number of ether oxygens (including phenoxy) is 2. The Hall–Kier alpha value is 0.0600. The lowest BCUT2D eigenvalue weighted by Crippen LogP contribution is -2.53. The highest BCUT2D eigenvalue weighted by Gasteiger charge is 2.56. The van der Waals surface area contributed by atoms with Crippen molar-refractivity contribution in [2.75, 3.05) is 32.9 Å². The second-order valence-electron chi connectivity index (χ2n) is 6.10. The Balaban J connectivity index is 1.78. The molecule has 2 aliphatic heterocycles. The summed E-state index contributed by atoms with van der Waals surface area (Å²) >= 11 is 3.45. The van der Waals surface area contributed by atoms with E-state index in [4.69, 9.17) is 9.47 Å². The van der Waals surface area contributed by atoms with Crippen molar-refractivity contribution in [3.05, 3.63) is 11.1 Å². The molecule has 3 aliphatic rings. The van der Waals surface area contributed by atoms with Crippen molar-refractivity contribution in [1.82, 2.24) is 4.90 Å². The Bertz CT molecular complexity index is 370. The molecule has 3 rings (SSSR count). The van der Waals surface area contributed by atoms with E-state index in [1.165, 1.54) is 0 Å². The van der Waals surface area contributed by atoms with Gasteiger partial charge in [-0.25, -0.2) is 0 Å². The van der Waals surface area contributed by atoms with Crippen LogP contribution in [-0.2, 0) is 9.47 Å². The highest BCUT2D eigenvalue weighted by atomic mass is 79.9. The van der Waals surface area contributed by atoms with E-state index in [2.05, 4.69) is 27.4 Å². The van der Waals surface area contributed by atoms with Crippen molar-refractivity contribution < 1.29 is 14.6 Å². The van der Waals surface area contributed by atoms with Gasteiger partial charge in [0.1, 0.15) is 0 Å². The normalized spacial score (nSPS) is 37.7. The van der Waals surface area contributed by atoms with E-state index in [0.717, 1.165) is 43.3 Å². The summed E-state index contributed by atoms with van der Waals surface area (Å²) < 4.78 is 12.7. The summed E-state index contributed by atoms with van der Waals surface area (Å²) in [6, 6.07) is 0.422. The molecule has 1 aliphatic carbocycles. The number of fused-ring (bicyclic) bond motifs is 1. The first-order valence-corrected chi connectivity index (χ1v) is 7.85. The molecule has 0 radical (unpaired) electrons. The number of aliphatic hydroxyl groups excluding tert-OH is 1. The van der Waals surface area contributed by atoms with E-state index in [1.807, 2.05) is 0 Å². The van der Waals surface area contributed by atoms with E-state index >= 15 is 0 Å². The number of nitrogens with zero attached hydrogens (tertiary/aromatic N) is 1. The SMILES string of the molecule is C=C(Br)CN1CC[C@@]2(CO)CC3(CC[C@@H]12)OCCO3. The van der Waals surface area contributed by atoms with Gasteiger partial charge < -0.3 is 14.6 Å². The Kier molecular flexibility index (Phi) is 3.77. The summed E-state index contributed by atoms with van der Waals surface area (Å²) in [5.41, 5.74) is -0.0644. The van der Waals surface area contributed by atoms with Crippen LogP contribution in [0, 0.1) is 5.41 Å². The molecule has 0 unspecified atom stereocenters. The van der Waals surface area contributed by atoms with Crippen LogP contribution in [0.3, 0.4) is 0 Å². The van der Waals surface area contributed by atoms with E-state index in [0.29, 0.717) is 19.3 Å². The molecule has 1 saturated carbocycles. The largest absolute Gasteiger partial charge is 0.396 e. The predicted octanol–water partition coefficient (Wildman–Crippen LogP) is 1.88. The van der Waals surface area contributed by atoms with Crippen LogP contribution in [0.1, 0.15) is 25.7 Å². The molecule has 19 heavy (non-hydrogen) atoms. The maximum absolute atomic E-state index is 9.98. The van der Waals surface area contributed by atoms with Crippen LogP contribution in [0.25, 0.3) is 0 Å². The average molecular weight is 332 g/mol. The number of halogens is 1. The van der Waals surface area contributed by atoms with Crippen LogP contribution >= 0.6 is 15.9 Å². The summed E-state index contributed by atoms with van der Waals surface area (Å²) in [7, 11) is 0. The zero-order chi connectivity index (χ0) is 13.5. The van der Waals surface area contributed by atoms with E-state index < -0.39 is 5.79 Å². The van der Waals surface area contributed by atoms with Crippen LogP contribution < -0.4 is 0 Å². The molecule has 2 heterocycles. The van der Waals surface area contributed by atoms with Gasteiger partial charge in [-0.15, -0.1) is 0 Å². The Labute approximate surface area is 122 Å². The molecule has 0 aromatic heterocycles. The van der Waals surface area contributed by atoms with Gasteiger partial charge in [0.15, 0.2) is 5.79 Å². The van der Waals surface area contributed by atoms with E-state index in [-0.39, 0.29) is 12.0 Å². The molecule has 0 bridgehead atoms. The molecular formula is C14H22BrNO3. The first-order valence-electron chi connectivity index (χ1n) is 7.05. The van der Waals surface area contributed by atoms with Gasteiger partial charge in [0.25, 0.3) is 0 Å². The van der Waals surface area contributed by atoms with Crippen molar-refractivity contribution >= 4 is 15.9 Å². The van der Waals surface area contributed by atoms with Crippen LogP contribution in [-0.4, -0.2) is 54.7 Å². The fraction of sp³-hybridized carbons (Fsp3) is 0.857. The van der Waals surface area contributed by atoms with Crippen molar-refractivity contribution in [2.45, 2.75) is 37.5 Å². The first-order chi connectivity index (χ1) is 9.09. The lowest BCUT2D eigenvalue weighted by molar-refractivity contribution is -0.212. The molecule has 0 aromatic rings. The lowest BCUT2D eigenvalue weighted by Gasteiger charge is -2.47. The minimum atomic E-state index is -0.416. The molecule has 0 amide bonds.